The van der Waals surface area contributed by atoms with Crippen molar-refractivity contribution in [3.8, 4) is 11.5 Å². The molecule has 2 N–H and O–H groups in total. The van der Waals surface area contributed by atoms with Gasteiger partial charge in [0.05, 0.1) is 30.4 Å². The summed E-state index contributed by atoms with van der Waals surface area (Å²) in [5.41, 5.74) is 1.58. The van der Waals surface area contributed by atoms with Crippen molar-refractivity contribution < 1.29 is 29.3 Å². The van der Waals surface area contributed by atoms with Gasteiger partial charge in [0.2, 0.25) is 0 Å². The van der Waals surface area contributed by atoms with Crippen molar-refractivity contribution in [2.24, 2.45) is 0 Å². The second-order valence-corrected chi connectivity index (χ2v) is 9.85. The van der Waals surface area contributed by atoms with Gasteiger partial charge in [-0.2, -0.15) is 0 Å². The number of nitrogens with zero attached hydrogens (tertiary/aromatic N) is 1. The lowest BCUT2D eigenvalue weighted by atomic mass is 9.85. The fourth-order valence-corrected chi connectivity index (χ4v) is 4.62. The van der Waals surface area contributed by atoms with E-state index in [2.05, 4.69) is 0 Å². The summed E-state index contributed by atoms with van der Waals surface area (Å²) in [6.07, 6.45) is 1.50. The second kappa shape index (κ2) is 9.14. The number of benzene rings is 2. The highest BCUT2D eigenvalue weighted by Gasteiger charge is 2.47. The molecule has 2 heterocycles. The molecule has 2 unspecified atom stereocenters. The predicted octanol–water partition coefficient (Wildman–Crippen LogP) is 4.30. The quantitative estimate of drug-likeness (QED) is 0.388. The van der Waals surface area contributed by atoms with E-state index < -0.39 is 17.7 Å². The molecule has 0 bridgehead atoms. The summed E-state index contributed by atoms with van der Waals surface area (Å²) in [5, 5.41) is 21.6. The van der Waals surface area contributed by atoms with Crippen molar-refractivity contribution in [3.05, 3.63) is 64.7 Å². The van der Waals surface area contributed by atoms with Gasteiger partial charge >= 0.3 is 0 Å². The largest absolute Gasteiger partial charge is 0.508 e. The van der Waals surface area contributed by atoms with Crippen LogP contribution in [0.1, 0.15) is 56.3 Å². The molecule has 180 valence electrons. The number of rotatable bonds is 5. The van der Waals surface area contributed by atoms with Crippen LogP contribution in [0.4, 0.5) is 0 Å². The van der Waals surface area contributed by atoms with Gasteiger partial charge in [0.25, 0.3) is 11.7 Å². The molecule has 4 rings (SSSR count). The van der Waals surface area contributed by atoms with Crippen molar-refractivity contribution in [1.29, 1.82) is 0 Å². The number of Topliss-reactive ketones (excluding diaryl/α,β-unsaturated/α-hetero) is 1. The number of aliphatic hydroxyl groups is 1. The topological polar surface area (TPSA) is 96.3 Å². The lowest BCUT2D eigenvalue weighted by Gasteiger charge is -2.28. The van der Waals surface area contributed by atoms with E-state index in [-0.39, 0.29) is 35.1 Å². The first-order valence-corrected chi connectivity index (χ1v) is 11.5. The maximum atomic E-state index is 13.3. The Hall–Kier alpha value is -3.32. The van der Waals surface area contributed by atoms with Gasteiger partial charge in [-0.15, -0.1) is 0 Å². The van der Waals surface area contributed by atoms with Crippen LogP contribution in [0.5, 0.6) is 11.5 Å². The number of aliphatic hydroxyl groups excluding tert-OH is 1. The van der Waals surface area contributed by atoms with Gasteiger partial charge < -0.3 is 24.6 Å². The molecule has 2 aliphatic heterocycles. The number of hydrogen-bond acceptors (Lipinski definition) is 6. The number of phenolic OH excluding ortho intramolecular Hbond substituents is 1. The maximum Gasteiger partial charge on any atom is 0.295 e. The zero-order chi connectivity index (χ0) is 24.6. The third-order valence-electron chi connectivity index (χ3n) is 6.47. The van der Waals surface area contributed by atoms with Crippen LogP contribution in [0.3, 0.4) is 0 Å². The number of ether oxygens (including phenoxy) is 2. The zero-order valence-electron chi connectivity index (χ0n) is 20.0. The Bertz CT molecular complexity index is 1140. The molecule has 34 heavy (non-hydrogen) atoms. The maximum absolute atomic E-state index is 13.3. The van der Waals surface area contributed by atoms with E-state index in [1.165, 1.54) is 24.1 Å². The number of likely N-dealkylation sites (tertiary alicyclic amines) is 1. The minimum absolute atomic E-state index is 0.00696. The summed E-state index contributed by atoms with van der Waals surface area (Å²) in [6, 6.07) is 11.0. The Labute approximate surface area is 199 Å². The van der Waals surface area contributed by atoms with Crippen LogP contribution in [-0.4, -0.2) is 53.2 Å². The average molecular weight is 466 g/mol. The third kappa shape index (κ3) is 4.40. The Morgan fingerprint density at radius 3 is 2.56 bits per heavy atom. The van der Waals surface area contributed by atoms with Crippen LogP contribution in [0.2, 0.25) is 0 Å². The zero-order valence-corrected chi connectivity index (χ0v) is 20.0. The summed E-state index contributed by atoms with van der Waals surface area (Å²) in [7, 11) is 1.49. The van der Waals surface area contributed by atoms with E-state index in [0.29, 0.717) is 23.5 Å². The molecule has 2 aliphatic rings. The van der Waals surface area contributed by atoms with Crippen LogP contribution in [0.15, 0.2) is 48.0 Å². The van der Waals surface area contributed by atoms with Crippen molar-refractivity contribution >= 4 is 17.4 Å². The third-order valence-corrected chi connectivity index (χ3v) is 6.47. The molecule has 0 spiro atoms. The molecular weight excluding hydrogens is 434 g/mol. The normalized spacial score (nSPS) is 22.4. The van der Waals surface area contributed by atoms with Crippen molar-refractivity contribution in [2.75, 3.05) is 20.3 Å². The molecule has 2 aromatic rings. The fraction of sp³-hybridized carbons (Fsp3) is 0.407. The van der Waals surface area contributed by atoms with E-state index in [0.717, 1.165) is 18.4 Å². The van der Waals surface area contributed by atoms with E-state index in [1.807, 2.05) is 26.8 Å². The lowest BCUT2D eigenvalue weighted by Crippen LogP contribution is -2.36. The number of carbonyl (C=O) groups excluding carboxylic acids is 2. The molecule has 0 saturated carbocycles. The fourth-order valence-electron chi connectivity index (χ4n) is 4.62. The Kier molecular flexibility index (Phi) is 6.41. The summed E-state index contributed by atoms with van der Waals surface area (Å²) in [6.45, 7) is 6.98. The summed E-state index contributed by atoms with van der Waals surface area (Å²) >= 11 is 0. The van der Waals surface area contributed by atoms with E-state index in [4.69, 9.17) is 9.47 Å². The molecule has 1 amide bonds. The average Bonchev–Trinajstić information content (AvgIpc) is 3.40. The second-order valence-electron chi connectivity index (χ2n) is 9.85. The first-order chi connectivity index (χ1) is 16.1. The van der Waals surface area contributed by atoms with Crippen LogP contribution in [0, 0.1) is 0 Å². The van der Waals surface area contributed by atoms with E-state index in [9.17, 15) is 19.8 Å². The number of methoxy groups -OCH3 is 1. The minimum atomic E-state index is -0.862. The molecule has 2 saturated heterocycles. The molecule has 7 nitrogen and oxygen atoms in total. The summed E-state index contributed by atoms with van der Waals surface area (Å²) in [4.78, 5) is 27.9. The van der Waals surface area contributed by atoms with Crippen LogP contribution < -0.4 is 4.74 Å². The first kappa shape index (κ1) is 23.8. The van der Waals surface area contributed by atoms with Crippen LogP contribution in [-0.2, 0) is 19.7 Å². The smallest absolute Gasteiger partial charge is 0.295 e. The van der Waals surface area contributed by atoms with Gasteiger partial charge in [-0.25, -0.2) is 0 Å². The predicted molar refractivity (Wildman–Crippen MR) is 128 cm³/mol. The first-order valence-electron chi connectivity index (χ1n) is 11.5. The monoisotopic (exact) mass is 465 g/mol. The van der Waals surface area contributed by atoms with Crippen molar-refractivity contribution in [1.82, 2.24) is 4.90 Å². The van der Waals surface area contributed by atoms with Gasteiger partial charge in [-0.1, -0.05) is 39.0 Å². The number of ketones is 1. The molecular formula is C27H31NO6. The standard InChI is InChI=1S/C27H31NO6/c1-27(2,3)17-10-11-21(33-4)20(14-17)24(30)22-23(16-7-5-8-18(29)13-16)28(26(32)25(22)31)15-19-9-6-12-34-19/h5,7-8,10-11,13-14,19,23,29-30H,6,9,12,15H2,1-4H3/b24-22+. The summed E-state index contributed by atoms with van der Waals surface area (Å²) < 4.78 is 11.2. The molecule has 2 atom stereocenters. The number of carbonyl (C=O) groups is 2. The molecule has 2 aromatic carbocycles. The van der Waals surface area contributed by atoms with Gasteiger partial charge in [-0.05, 0) is 53.6 Å². The molecule has 2 fully saturated rings. The van der Waals surface area contributed by atoms with Crippen LogP contribution >= 0.6 is 0 Å². The van der Waals surface area contributed by atoms with Crippen LogP contribution in [0.25, 0.3) is 5.76 Å². The molecule has 0 radical (unpaired) electrons. The summed E-state index contributed by atoms with van der Waals surface area (Å²) in [5.74, 6) is -1.37. The van der Waals surface area contributed by atoms with Gasteiger partial charge in [0.1, 0.15) is 17.3 Å². The highest BCUT2D eigenvalue weighted by molar-refractivity contribution is 6.46. The highest BCUT2D eigenvalue weighted by atomic mass is 16.5. The van der Waals surface area contributed by atoms with E-state index >= 15 is 0 Å². The number of hydrogen-bond donors (Lipinski definition) is 2. The minimum Gasteiger partial charge on any atom is -0.508 e. The van der Waals surface area contributed by atoms with Gasteiger partial charge in [0.15, 0.2) is 0 Å². The van der Waals surface area contributed by atoms with E-state index in [1.54, 1.807) is 24.3 Å². The number of aromatic hydroxyl groups is 1. The van der Waals surface area contributed by atoms with Gasteiger partial charge in [0, 0.05) is 13.2 Å². The molecule has 7 heteroatoms. The van der Waals surface area contributed by atoms with Crippen molar-refractivity contribution in [3.63, 3.8) is 0 Å². The van der Waals surface area contributed by atoms with Crippen molar-refractivity contribution in [2.45, 2.75) is 51.2 Å². The number of amides is 1. The Morgan fingerprint density at radius 1 is 1.18 bits per heavy atom. The molecule has 0 aromatic heterocycles. The Morgan fingerprint density at radius 2 is 1.94 bits per heavy atom. The highest BCUT2D eigenvalue weighted by Crippen LogP contribution is 2.42. The molecule has 0 aliphatic carbocycles. The SMILES string of the molecule is COc1ccc(C(C)(C)C)cc1/C(O)=C1\C(=O)C(=O)N(CC2CCCO2)C1c1cccc(O)c1. The lowest BCUT2D eigenvalue weighted by molar-refractivity contribution is -0.140. The Balaban J connectivity index is 1.90. The number of phenols is 1. The van der Waals surface area contributed by atoms with Gasteiger partial charge in [-0.3, -0.25) is 9.59 Å².